The molecule has 0 spiro atoms. The molecule has 2 heteroatoms. The molecule has 0 amide bonds. The van der Waals surface area contributed by atoms with Gasteiger partial charge in [-0.05, 0) is 26.8 Å². The van der Waals surface area contributed by atoms with Crippen molar-refractivity contribution in [3.05, 3.63) is 0 Å². The van der Waals surface area contributed by atoms with Gasteiger partial charge in [0.2, 0.25) is 0 Å². The molecule has 0 saturated carbocycles. The summed E-state index contributed by atoms with van der Waals surface area (Å²) in [5, 5.41) is 0. The second-order valence-corrected chi connectivity index (χ2v) is 5.39. The van der Waals surface area contributed by atoms with Crippen molar-refractivity contribution in [1.29, 1.82) is 0 Å². The van der Waals surface area contributed by atoms with E-state index in [2.05, 4.69) is 25.7 Å². The summed E-state index contributed by atoms with van der Waals surface area (Å²) >= 11 is 0. The summed E-state index contributed by atoms with van der Waals surface area (Å²) in [5.41, 5.74) is 5.62. The Morgan fingerprint density at radius 3 is 1.82 bits per heavy atom. The summed E-state index contributed by atoms with van der Waals surface area (Å²) < 4.78 is 0. The molecule has 0 aromatic rings. The van der Waals surface area contributed by atoms with Crippen LogP contribution in [0.5, 0.6) is 0 Å². The Morgan fingerprint density at radius 2 is 1.35 bits per heavy atom. The van der Waals surface area contributed by atoms with Gasteiger partial charge in [-0.2, -0.15) is 0 Å². The Bertz CT molecular complexity index is 146. The van der Waals surface area contributed by atoms with E-state index in [1.165, 1.54) is 57.9 Å². The molecular weight excluding hydrogens is 208 g/mol. The molecule has 0 aliphatic carbocycles. The van der Waals surface area contributed by atoms with Crippen molar-refractivity contribution >= 4 is 0 Å². The van der Waals surface area contributed by atoms with Crippen molar-refractivity contribution < 1.29 is 0 Å². The fourth-order valence-electron chi connectivity index (χ4n) is 2.24. The van der Waals surface area contributed by atoms with Crippen LogP contribution in [0.3, 0.4) is 0 Å². The molecule has 0 radical (unpaired) electrons. The Morgan fingerprint density at radius 1 is 0.824 bits per heavy atom. The van der Waals surface area contributed by atoms with E-state index in [9.17, 15) is 0 Å². The SMILES string of the molecule is CCCCCCCCCCN(CCN)C(C)C. The lowest BCUT2D eigenvalue weighted by atomic mass is 10.1. The predicted molar refractivity (Wildman–Crippen MR) is 78.4 cm³/mol. The van der Waals surface area contributed by atoms with Crippen LogP contribution in [0.4, 0.5) is 0 Å². The molecule has 104 valence electrons. The number of unbranched alkanes of at least 4 members (excludes halogenated alkanes) is 7. The molecule has 0 aliphatic rings. The highest BCUT2D eigenvalue weighted by Gasteiger charge is 2.06. The Kier molecular flexibility index (Phi) is 12.3. The van der Waals surface area contributed by atoms with Gasteiger partial charge in [0.15, 0.2) is 0 Å². The Hall–Kier alpha value is -0.0800. The van der Waals surface area contributed by atoms with Gasteiger partial charge in [0.1, 0.15) is 0 Å². The maximum atomic E-state index is 5.62. The average Bonchev–Trinajstić information content (AvgIpc) is 2.31. The van der Waals surface area contributed by atoms with Crippen molar-refractivity contribution in [3.8, 4) is 0 Å². The number of hydrogen-bond donors (Lipinski definition) is 1. The normalized spacial score (nSPS) is 11.6. The highest BCUT2D eigenvalue weighted by molar-refractivity contribution is 4.63. The monoisotopic (exact) mass is 242 g/mol. The minimum atomic E-state index is 0.642. The summed E-state index contributed by atoms with van der Waals surface area (Å²) in [6.45, 7) is 9.87. The predicted octanol–water partition coefficient (Wildman–Crippen LogP) is 3.80. The van der Waals surface area contributed by atoms with E-state index in [4.69, 9.17) is 5.73 Å². The Balaban J connectivity index is 3.30. The van der Waals surface area contributed by atoms with Crippen LogP contribution >= 0.6 is 0 Å². The third-order valence-corrected chi connectivity index (χ3v) is 3.45. The van der Waals surface area contributed by atoms with Crippen molar-refractivity contribution in [2.75, 3.05) is 19.6 Å². The van der Waals surface area contributed by atoms with E-state index in [0.717, 1.165) is 13.1 Å². The second kappa shape index (κ2) is 12.4. The number of hydrogen-bond acceptors (Lipinski definition) is 2. The van der Waals surface area contributed by atoms with Crippen LogP contribution in [0.1, 0.15) is 72.1 Å². The minimum Gasteiger partial charge on any atom is -0.329 e. The fourth-order valence-corrected chi connectivity index (χ4v) is 2.24. The van der Waals surface area contributed by atoms with Crippen molar-refractivity contribution in [3.63, 3.8) is 0 Å². The highest BCUT2D eigenvalue weighted by atomic mass is 15.1. The quantitative estimate of drug-likeness (QED) is 0.528. The molecule has 2 N–H and O–H groups in total. The standard InChI is InChI=1S/C15H34N2/c1-4-5-6-7-8-9-10-11-13-17(14-12-16)15(2)3/h15H,4-14,16H2,1-3H3. The molecule has 0 bridgehead atoms. The van der Waals surface area contributed by atoms with Crippen LogP contribution in [0.15, 0.2) is 0 Å². The van der Waals surface area contributed by atoms with Gasteiger partial charge >= 0.3 is 0 Å². The maximum absolute atomic E-state index is 5.62. The van der Waals surface area contributed by atoms with Gasteiger partial charge in [-0.3, -0.25) is 4.90 Å². The molecule has 2 nitrogen and oxygen atoms in total. The molecule has 0 heterocycles. The molecular formula is C15H34N2. The van der Waals surface area contributed by atoms with Gasteiger partial charge in [-0.1, -0.05) is 51.9 Å². The van der Waals surface area contributed by atoms with Crippen LogP contribution in [-0.4, -0.2) is 30.6 Å². The average molecular weight is 242 g/mol. The summed E-state index contributed by atoms with van der Waals surface area (Å²) in [5.74, 6) is 0. The summed E-state index contributed by atoms with van der Waals surface area (Å²) in [7, 11) is 0. The van der Waals surface area contributed by atoms with Crippen molar-refractivity contribution in [2.45, 2.75) is 78.2 Å². The third-order valence-electron chi connectivity index (χ3n) is 3.45. The lowest BCUT2D eigenvalue weighted by Crippen LogP contribution is -2.36. The molecule has 0 aromatic carbocycles. The summed E-state index contributed by atoms with van der Waals surface area (Å²) in [6, 6.07) is 0.642. The molecule has 0 rings (SSSR count). The van der Waals surface area contributed by atoms with Crippen LogP contribution < -0.4 is 5.73 Å². The van der Waals surface area contributed by atoms with E-state index in [0.29, 0.717) is 6.04 Å². The zero-order chi connectivity index (χ0) is 12.9. The molecule has 0 fully saturated rings. The van der Waals surface area contributed by atoms with Crippen LogP contribution in [0.2, 0.25) is 0 Å². The molecule has 0 unspecified atom stereocenters. The minimum absolute atomic E-state index is 0.642. The van der Waals surface area contributed by atoms with Crippen LogP contribution in [0, 0.1) is 0 Å². The first-order chi connectivity index (χ1) is 8.22. The zero-order valence-electron chi connectivity index (χ0n) is 12.4. The van der Waals surface area contributed by atoms with E-state index in [1.807, 2.05) is 0 Å². The number of nitrogens with two attached hydrogens (primary N) is 1. The van der Waals surface area contributed by atoms with Gasteiger partial charge in [0.25, 0.3) is 0 Å². The van der Waals surface area contributed by atoms with Gasteiger partial charge in [-0.25, -0.2) is 0 Å². The first-order valence-corrected chi connectivity index (χ1v) is 7.66. The second-order valence-electron chi connectivity index (χ2n) is 5.39. The fraction of sp³-hybridized carbons (Fsp3) is 1.00. The molecule has 17 heavy (non-hydrogen) atoms. The van der Waals surface area contributed by atoms with E-state index < -0.39 is 0 Å². The maximum Gasteiger partial charge on any atom is 0.0107 e. The highest BCUT2D eigenvalue weighted by Crippen LogP contribution is 2.09. The van der Waals surface area contributed by atoms with Gasteiger partial charge in [0, 0.05) is 19.1 Å². The number of rotatable bonds is 12. The van der Waals surface area contributed by atoms with Gasteiger partial charge < -0.3 is 5.73 Å². The lowest BCUT2D eigenvalue weighted by molar-refractivity contribution is 0.222. The van der Waals surface area contributed by atoms with E-state index in [-0.39, 0.29) is 0 Å². The van der Waals surface area contributed by atoms with E-state index >= 15 is 0 Å². The first-order valence-electron chi connectivity index (χ1n) is 7.66. The third kappa shape index (κ3) is 10.8. The van der Waals surface area contributed by atoms with Gasteiger partial charge in [0.05, 0.1) is 0 Å². The van der Waals surface area contributed by atoms with Crippen LogP contribution in [-0.2, 0) is 0 Å². The summed E-state index contributed by atoms with van der Waals surface area (Å²) in [6.07, 6.45) is 11.2. The topological polar surface area (TPSA) is 29.3 Å². The molecule has 0 atom stereocenters. The smallest absolute Gasteiger partial charge is 0.0107 e. The largest absolute Gasteiger partial charge is 0.329 e. The summed E-state index contributed by atoms with van der Waals surface area (Å²) in [4.78, 5) is 2.50. The molecule has 0 aliphatic heterocycles. The Labute approximate surface area is 109 Å². The zero-order valence-corrected chi connectivity index (χ0v) is 12.4. The van der Waals surface area contributed by atoms with Crippen LogP contribution in [0.25, 0.3) is 0 Å². The first kappa shape index (κ1) is 16.9. The van der Waals surface area contributed by atoms with E-state index in [1.54, 1.807) is 0 Å². The van der Waals surface area contributed by atoms with Crippen molar-refractivity contribution in [1.82, 2.24) is 4.90 Å². The molecule has 0 saturated heterocycles. The number of nitrogens with zero attached hydrogens (tertiary/aromatic N) is 1. The molecule has 0 aromatic heterocycles. The van der Waals surface area contributed by atoms with Crippen molar-refractivity contribution in [2.24, 2.45) is 5.73 Å². The lowest BCUT2D eigenvalue weighted by Gasteiger charge is -2.25. The van der Waals surface area contributed by atoms with Gasteiger partial charge in [-0.15, -0.1) is 0 Å².